The number of aryl methyl sites for hydroxylation is 1. The normalized spacial score (nSPS) is 14.8. The summed E-state index contributed by atoms with van der Waals surface area (Å²) in [5.74, 6) is -0.130. The SMILES string of the molecule is Cc1ccc2c(c1)n(Cc1ccc(Cl)cc1)c(=O)c1nc(C(=O)N3CCCCCC3)nn12. The van der Waals surface area contributed by atoms with Gasteiger partial charge in [-0.2, -0.15) is 4.98 Å². The van der Waals surface area contributed by atoms with E-state index in [0.717, 1.165) is 47.8 Å². The molecule has 0 saturated carbocycles. The van der Waals surface area contributed by atoms with Gasteiger partial charge in [-0.1, -0.05) is 42.6 Å². The Morgan fingerprint density at radius 1 is 1.00 bits per heavy atom. The number of likely N-dealkylation sites (tertiary alicyclic amines) is 1. The van der Waals surface area contributed by atoms with E-state index in [-0.39, 0.29) is 22.9 Å². The van der Waals surface area contributed by atoms with Crippen molar-refractivity contribution in [1.29, 1.82) is 0 Å². The molecule has 0 N–H and O–H groups in total. The van der Waals surface area contributed by atoms with Crippen LogP contribution in [0.15, 0.2) is 47.3 Å². The number of halogens is 1. The number of carbonyl (C=O) groups excluding carboxylic acids is 1. The molecule has 0 radical (unpaired) electrons. The van der Waals surface area contributed by atoms with Crippen LogP contribution in [0.5, 0.6) is 0 Å². The fourth-order valence-corrected chi connectivity index (χ4v) is 4.44. The van der Waals surface area contributed by atoms with E-state index in [1.54, 1.807) is 9.47 Å². The Morgan fingerprint density at radius 3 is 2.44 bits per heavy atom. The molecule has 0 unspecified atom stereocenters. The standard InChI is InChI=1S/C24H24ClN5O2/c1-16-6-11-19-20(14-16)29(15-17-7-9-18(25)10-8-17)24(32)22-26-21(27-30(19)22)23(31)28-12-4-2-3-5-13-28/h6-11,14H,2-5,12-13,15H2,1H3. The average Bonchev–Trinajstić information content (AvgIpc) is 3.06. The molecule has 1 saturated heterocycles. The van der Waals surface area contributed by atoms with Crippen LogP contribution < -0.4 is 5.56 Å². The summed E-state index contributed by atoms with van der Waals surface area (Å²) in [4.78, 5) is 32.8. The molecule has 4 aromatic rings. The van der Waals surface area contributed by atoms with Gasteiger partial charge in [0.05, 0.1) is 17.6 Å². The number of rotatable bonds is 3. The number of aromatic nitrogens is 4. The van der Waals surface area contributed by atoms with Crippen LogP contribution in [0, 0.1) is 6.92 Å². The first kappa shape index (κ1) is 20.7. The molecule has 2 aromatic carbocycles. The molecule has 5 rings (SSSR count). The Labute approximate surface area is 190 Å². The van der Waals surface area contributed by atoms with Gasteiger partial charge in [0.25, 0.3) is 11.5 Å². The molecule has 7 nitrogen and oxygen atoms in total. The zero-order chi connectivity index (χ0) is 22.2. The van der Waals surface area contributed by atoms with E-state index >= 15 is 0 Å². The lowest BCUT2D eigenvalue weighted by Crippen LogP contribution is -2.32. The van der Waals surface area contributed by atoms with Crippen LogP contribution in [0.4, 0.5) is 0 Å². The van der Waals surface area contributed by atoms with E-state index in [4.69, 9.17) is 11.6 Å². The first-order chi connectivity index (χ1) is 15.5. The van der Waals surface area contributed by atoms with Gasteiger partial charge < -0.3 is 4.90 Å². The molecule has 0 spiro atoms. The third-order valence-corrected chi connectivity index (χ3v) is 6.28. The van der Waals surface area contributed by atoms with Gasteiger partial charge in [-0.15, -0.1) is 5.10 Å². The molecule has 164 valence electrons. The van der Waals surface area contributed by atoms with E-state index in [1.807, 2.05) is 49.4 Å². The van der Waals surface area contributed by atoms with Crippen molar-refractivity contribution in [2.24, 2.45) is 0 Å². The number of hydrogen-bond donors (Lipinski definition) is 0. The van der Waals surface area contributed by atoms with Gasteiger partial charge in [-0.3, -0.25) is 14.2 Å². The highest BCUT2D eigenvalue weighted by Crippen LogP contribution is 2.19. The zero-order valence-electron chi connectivity index (χ0n) is 17.9. The van der Waals surface area contributed by atoms with Gasteiger partial charge in [0.1, 0.15) is 0 Å². The lowest BCUT2D eigenvalue weighted by molar-refractivity contribution is 0.0749. The summed E-state index contributed by atoms with van der Waals surface area (Å²) >= 11 is 6.02. The maximum Gasteiger partial charge on any atom is 0.296 e. The summed E-state index contributed by atoms with van der Waals surface area (Å²) in [6, 6.07) is 13.3. The van der Waals surface area contributed by atoms with E-state index in [1.165, 1.54) is 4.52 Å². The van der Waals surface area contributed by atoms with Gasteiger partial charge in [0.2, 0.25) is 11.5 Å². The number of hydrogen-bond acceptors (Lipinski definition) is 4. The number of nitrogens with zero attached hydrogens (tertiary/aromatic N) is 5. The second-order valence-electron chi connectivity index (χ2n) is 8.39. The Bertz CT molecular complexity index is 1370. The summed E-state index contributed by atoms with van der Waals surface area (Å²) in [7, 11) is 0. The summed E-state index contributed by atoms with van der Waals surface area (Å²) in [6.07, 6.45) is 4.22. The van der Waals surface area contributed by atoms with Crippen LogP contribution in [0.3, 0.4) is 0 Å². The highest BCUT2D eigenvalue weighted by molar-refractivity contribution is 6.30. The van der Waals surface area contributed by atoms with E-state index in [2.05, 4.69) is 10.1 Å². The summed E-state index contributed by atoms with van der Waals surface area (Å²) < 4.78 is 3.20. The fraction of sp³-hybridized carbons (Fsp3) is 0.333. The maximum absolute atomic E-state index is 13.5. The monoisotopic (exact) mass is 449 g/mol. The Kier molecular flexibility index (Phi) is 5.43. The summed E-state index contributed by atoms with van der Waals surface area (Å²) in [6.45, 7) is 3.76. The van der Waals surface area contributed by atoms with Crippen molar-refractivity contribution in [3.8, 4) is 0 Å². The molecule has 1 aliphatic rings. The van der Waals surface area contributed by atoms with Crippen LogP contribution in [0.2, 0.25) is 5.02 Å². The predicted molar refractivity (Wildman–Crippen MR) is 124 cm³/mol. The van der Waals surface area contributed by atoms with Crippen molar-refractivity contribution in [2.45, 2.75) is 39.2 Å². The van der Waals surface area contributed by atoms with Crippen LogP contribution in [0.25, 0.3) is 16.7 Å². The summed E-state index contributed by atoms with van der Waals surface area (Å²) in [5, 5.41) is 5.13. The summed E-state index contributed by atoms with van der Waals surface area (Å²) in [5.41, 5.74) is 3.35. The predicted octanol–water partition coefficient (Wildman–Crippen LogP) is 4.07. The van der Waals surface area contributed by atoms with Crippen molar-refractivity contribution in [3.63, 3.8) is 0 Å². The van der Waals surface area contributed by atoms with E-state index in [0.29, 0.717) is 24.7 Å². The smallest absolute Gasteiger partial charge is 0.296 e. The van der Waals surface area contributed by atoms with Crippen LogP contribution >= 0.6 is 11.6 Å². The van der Waals surface area contributed by atoms with E-state index in [9.17, 15) is 9.59 Å². The molecule has 1 fully saturated rings. The van der Waals surface area contributed by atoms with Gasteiger partial charge in [0, 0.05) is 18.1 Å². The Morgan fingerprint density at radius 2 is 1.72 bits per heavy atom. The van der Waals surface area contributed by atoms with Crippen LogP contribution in [-0.4, -0.2) is 43.1 Å². The highest BCUT2D eigenvalue weighted by Gasteiger charge is 2.24. The molecule has 0 atom stereocenters. The van der Waals surface area contributed by atoms with Crippen molar-refractivity contribution >= 4 is 34.2 Å². The minimum absolute atomic E-state index is 0.0788. The molecule has 8 heteroatoms. The fourth-order valence-electron chi connectivity index (χ4n) is 4.31. The first-order valence-electron chi connectivity index (χ1n) is 10.9. The van der Waals surface area contributed by atoms with Crippen LogP contribution in [-0.2, 0) is 6.54 Å². The second kappa shape index (κ2) is 8.39. The van der Waals surface area contributed by atoms with Crippen LogP contribution in [0.1, 0.15) is 47.4 Å². The third-order valence-electron chi connectivity index (χ3n) is 6.03. The molecular formula is C24H24ClN5O2. The lowest BCUT2D eigenvalue weighted by Gasteiger charge is -2.17. The minimum atomic E-state index is -0.277. The first-order valence-corrected chi connectivity index (χ1v) is 11.3. The number of benzene rings is 2. The molecule has 0 bridgehead atoms. The Balaban J connectivity index is 1.65. The largest absolute Gasteiger partial charge is 0.336 e. The molecule has 1 amide bonds. The number of amides is 1. The number of fused-ring (bicyclic) bond motifs is 3. The van der Waals surface area contributed by atoms with Crippen molar-refractivity contribution in [3.05, 3.63) is 74.8 Å². The third kappa shape index (κ3) is 3.77. The van der Waals surface area contributed by atoms with Gasteiger partial charge in [-0.05, 0) is 55.2 Å². The van der Waals surface area contributed by atoms with Gasteiger partial charge in [-0.25, -0.2) is 4.52 Å². The topological polar surface area (TPSA) is 72.5 Å². The number of carbonyl (C=O) groups is 1. The van der Waals surface area contributed by atoms with E-state index < -0.39 is 0 Å². The van der Waals surface area contributed by atoms with Crippen molar-refractivity contribution in [2.75, 3.05) is 13.1 Å². The maximum atomic E-state index is 13.5. The zero-order valence-corrected chi connectivity index (χ0v) is 18.7. The van der Waals surface area contributed by atoms with Gasteiger partial charge in [0.15, 0.2) is 0 Å². The molecule has 32 heavy (non-hydrogen) atoms. The molecule has 1 aliphatic heterocycles. The second-order valence-corrected chi connectivity index (χ2v) is 8.82. The molecule has 0 aliphatic carbocycles. The average molecular weight is 450 g/mol. The van der Waals surface area contributed by atoms with Crippen molar-refractivity contribution < 1.29 is 4.79 Å². The quantitative estimate of drug-likeness (QED) is 0.472. The van der Waals surface area contributed by atoms with Crippen molar-refractivity contribution in [1.82, 2.24) is 24.1 Å². The molecular weight excluding hydrogens is 426 g/mol. The molecule has 2 aromatic heterocycles. The highest BCUT2D eigenvalue weighted by atomic mass is 35.5. The molecule has 3 heterocycles. The van der Waals surface area contributed by atoms with Gasteiger partial charge >= 0.3 is 0 Å². The Hall–Kier alpha value is -3.19. The lowest BCUT2D eigenvalue weighted by atomic mass is 10.2. The minimum Gasteiger partial charge on any atom is -0.336 e.